The van der Waals surface area contributed by atoms with Gasteiger partial charge in [-0.15, -0.1) is 0 Å². The second kappa shape index (κ2) is 7.07. The van der Waals surface area contributed by atoms with Gasteiger partial charge in [0.15, 0.2) is 0 Å². The number of aromatic nitrogens is 2. The molecule has 0 spiro atoms. The van der Waals surface area contributed by atoms with Crippen molar-refractivity contribution >= 4 is 34.3 Å². The third-order valence-corrected chi connectivity index (χ3v) is 5.64. The number of aryl methyl sites for hydroxylation is 1. The molecule has 5 rings (SSSR count). The zero-order valence-corrected chi connectivity index (χ0v) is 16.9. The molecule has 0 saturated heterocycles. The molecule has 0 bridgehead atoms. The summed E-state index contributed by atoms with van der Waals surface area (Å²) in [7, 11) is 0. The number of nitrogens with one attached hydrogen (secondary N) is 2. The molecule has 0 atom stereocenters. The first-order valence-corrected chi connectivity index (χ1v) is 9.94. The van der Waals surface area contributed by atoms with Crippen molar-refractivity contribution < 1.29 is 14.6 Å². The van der Waals surface area contributed by atoms with E-state index in [2.05, 4.69) is 27.4 Å². The van der Waals surface area contributed by atoms with Crippen LogP contribution in [0.1, 0.15) is 21.5 Å². The number of hydrogen-bond donors (Lipinski definition) is 3. The number of hydrogen-bond acceptors (Lipinski definition) is 4. The summed E-state index contributed by atoms with van der Waals surface area (Å²) in [5.74, 6) is -0.599. The zero-order chi connectivity index (χ0) is 20.8. The first kappa shape index (κ1) is 18.5. The standard InChI is InChI=1S/C23H18ClN3O3/c1-12-2-4-15(9-16(12)22(28)29)30-23-26-20-10-17(18(24)11-21(20)27-23)13-3-5-19-14(8-13)6-7-25-19/h2-5,8-11,25H,6-7H2,1H3,(H,26,27)(H,28,29). The fourth-order valence-corrected chi connectivity index (χ4v) is 4.03. The topological polar surface area (TPSA) is 87.2 Å². The third-order valence-electron chi connectivity index (χ3n) is 5.33. The highest BCUT2D eigenvalue weighted by molar-refractivity contribution is 6.34. The van der Waals surface area contributed by atoms with Gasteiger partial charge >= 0.3 is 5.97 Å². The molecule has 1 aromatic heterocycles. The van der Waals surface area contributed by atoms with E-state index in [1.807, 2.05) is 18.2 Å². The highest BCUT2D eigenvalue weighted by Crippen LogP contribution is 2.35. The lowest BCUT2D eigenvalue weighted by molar-refractivity contribution is 0.0695. The van der Waals surface area contributed by atoms with Gasteiger partial charge in [-0.3, -0.25) is 0 Å². The van der Waals surface area contributed by atoms with E-state index < -0.39 is 5.97 Å². The van der Waals surface area contributed by atoms with Gasteiger partial charge in [0.25, 0.3) is 6.01 Å². The SMILES string of the molecule is Cc1ccc(Oc2nc3cc(-c4ccc5c(c4)CCN5)c(Cl)cc3[nH]2)cc1C(=O)O. The molecule has 0 amide bonds. The molecule has 0 fully saturated rings. The molecule has 1 aliphatic heterocycles. The van der Waals surface area contributed by atoms with Crippen LogP contribution in [0.25, 0.3) is 22.2 Å². The molecule has 2 heterocycles. The summed E-state index contributed by atoms with van der Waals surface area (Å²) in [5.41, 5.74) is 6.72. The van der Waals surface area contributed by atoms with Crippen molar-refractivity contribution in [3.05, 3.63) is 70.2 Å². The summed E-state index contributed by atoms with van der Waals surface area (Å²) in [4.78, 5) is 19.0. The van der Waals surface area contributed by atoms with Crippen LogP contribution >= 0.6 is 11.6 Å². The fraction of sp³-hybridized carbons (Fsp3) is 0.130. The van der Waals surface area contributed by atoms with Gasteiger partial charge in [0, 0.05) is 17.8 Å². The van der Waals surface area contributed by atoms with E-state index in [0.717, 1.165) is 29.6 Å². The van der Waals surface area contributed by atoms with E-state index in [-0.39, 0.29) is 11.6 Å². The number of H-pyrrole nitrogens is 1. The molecular formula is C23H18ClN3O3. The number of anilines is 1. The van der Waals surface area contributed by atoms with Crippen molar-refractivity contribution in [3.8, 4) is 22.9 Å². The summed E-state index contributed by atoms with van der Waals surface area (Å²) in [6, 6.07) is 15.2. The van der Waals surface area contributed by atoms with Crippen molar-refractivity contribution in [3.63, 3.8) is 0 Å². The monoisotopic (exact) mass is 419 g/mol. The van der Waals surface area contributed by atoms with Crippen LogP contribution in [0.4, 0.5) is 5.69 Å². The van der Waals surface area contributed by atoms with Crippen LogP contribution in [-0.4, -0.2) is 27.6 Å². The minimum absolute atomic E-state index is 0.194. The van der Waals surface area contributed by atoms with Crippen molar-refractivity contribution in [2.45, 2.75) is 13.3 Å². The van der Waals surface area contributed by atoms with Crippen molar-refractivity contribution in [1.82, 2.24) is 9.97 Å². The second-order valence-corrected chi connectivity index (χ2v) is 7.73. The molecule has 0 radical (unpaired) electrons. The first-order chi connectivity index (χ1) is 14.5. The molecule has 30 heavy (non-hydrogen) atoms. The predicted octanol–water partition coefficient (Wildman–Crippen LogP) is 5.65. The van der Waals surface area contributed by atoms with E-state index in [0.29, 0.717) is 21.9 Å². The Morgan fingerprint density at radius 2 is 2.03 bits per heavy atom. The average Bonchev–Trinajstić information content (AvgIpc) is 3.33. The van der Waals surface area contributed by atoms with Gasteiger partial charge in [-0.2, -0.15) is 4.98 Å². The molecule has 3 aromatic carbocycles. The Morgan fingerprint density at radius 1 is 1.17 bits per heavy atom. The van der Waals surface area contributed by atoms with Crippen molar-refractivity contribution in [2.24, 2.45) is 0 Å². The smallest absolute Gasteiger partial charge is 0.336 e. The number of benzene rings is 3. The van der Waals surface area contributed by atoms with Gasteiger partial charge in [0.1, 0.15) is 5.75 Å². The normalized spacial score (nSPS) is 12.6. The molecule has 0 saturated carbocycles. The fourth-order valence-electron chi connectivity index (χ4n) is 3.76. The van der Waals surface area contributed by atoms with Gasteiger partial charge in [-0.05, 0) is 66.4 Å². The lowest BCUT2D eigenvalue weighted by Gasteiger charge is -2.07. The number of aromatic amines is 1. The van der Waals surface area contributed by atoms with Crippen LogP contribution in [0.5, 0.6) is 11.8 Å². The first-order valence-electron chi connectivity index (χ1n) is 9.56. The van der Waals surface area contributed by atoms with Gasteiger partial charge in [-0.25, -0.2) is 4.79 Å². The lowest BCUT2D eigenvalue weighted by Crippen LogP contribution is -2.00. The number of fused-ring (bicyclic) bond motifs is 2. The minimum atomic E-state index is -0.997. The van der Waals surface area contributed by atoms with Crippen LogP contribution in [-0.2, 0) is 6.42 Å². The van der Waals surface area contributed by atoms with Gasteiger partial charge < -0.3 is 20.1 Å². The van der Waals surface area contributed by atoms with Crippen molar-refractivity contribution in [2.75, 3.05) is 11.9 Å². The molecule has 4 aromatic rings. The maximum atomic E-state index is 11.4. The number of halogens is 1. The maximum absolute atomic E-state index is 11.4. The molecule has 150 valence electrons. The molecule has 0 unspecified atom stereocenters. The Balaban J connectivity index is 1.49. The number of carbonyl (C=O) groups is 1. The van der Waals surface area contributed by atoms with E-state index in [4.69, 9.17) is 16.3 Å². The molecule has 0 aliphatic carbocycles. The Labute approximate surface area is 177 Å². The second-order valence-electron chi connectivity index (χ2n) is 7.32. The van der Waals surface area contributed by atoms with Crippen molar-refractivity contribution in [1.29, 1.82) is 0 Å². The van der Waals surface area contributed by atoms with Gasteiger partial charge in [0.05, 0.1) is 21.6 Å². The minimum Gasteiger partial charge on any atom is -0.478 e. The van der Waals surface area contributed by atoms with Crippen LogP contribution in [0.15, 0.2) is 48.5 Å². The number of ether oxygens (including phenoxy) is 1. The van der Waals surface area contributed by atoms with E-state index >= 15 is 0 Å². The highest BCUT2D eigenvalue weighted by Gasteiger charge is 2.15. The number of carboxylic acid groups (broad SMARTS) is 1. The Bertz CT molecular complexity index is 1310. The quantitative estimate of drug-likeness (QED) is 0.398. The van der Waals surface area contributed by atoms with Crippen LogP contribution in [0.2, 0.25) is 5.02 Å². The molecular weight excluding hydrogens is 402 g/mol. The van der Waals surface area contributed by atoms with E-state index in [1.165, 1.54) is 17.3 Å². The number of rotatable bonds is 4. The van der Waals surface area contributed by atoms with Crippen LogP contribution in [0, 0.1) is 6.92 Å². The zero-order valence-electron chi connectivity index (χ0n) is 16.1. The van der Waals surface area contributed by atoms with E-state index in [1.54, 1.807) is 19.1 Å². The Hall–Kier alpha value is -3.51. The summed E-state index contributed by atoms with van der Waals surface area (Å²) < 4.78 is 5.77. The average molecular weight is 420 g/mol. The summed E-state index contributed by atoms with van der Waals surface area (Å²) in [6.07, 6.45) is 0.998. The number of aromatic carboxylic acids is 1. The Kier molecular flexibility index (Phi) is 4.37. The lowest BCUT2D eigenvalue weighted by atomic mass is 10.0. The number of imidazole rings is 1. The third kappa shape index (κ3) is 3.25. The maximum Gasteiger partial charge on any atom is 0.336 e. The summed E-state index contributed by atoms with van der Waals surface area (Å²) in [6.45, 7) is 2.70. The predicted molar refractivity (Wildman–Crippen MR) is 117 cm³/mol. The van der Waals surface area contributed by atoms with Crippen LogP contribution in [0.3, 0.4) is 0 Å². The molecule has 7 heteroatoms. The summed E-state index contributed by atoms with van der Waals surface area (Å²) in [5, 5.41) is 13.3. The highest BCUT2D eigenvalue weighted by atomic mass is 35.5. The van der Waals surface area contributed by atoms with E-state index in [9.17, 15) is 9.90 Å². The largest absolute Gasteiger partial charge is 0.478 e. The summed E-state index contributed by atoms with van der Waals surface area (Å²) >= 11 is 6.56. The molecule has 3 N–H and O–H groups in total. The number of nitrogens with zero attached hydrogens (tertiary/aromatic N) is 1. The van der Waals surface area contributed by atoms with Gasteiger partial charge in [0.2, 0.25) is 0 Å². The Morgan fingerprint density at radius 3 is 2.87 bits per heavy atom. The van der Waals surface area contributed by atoms with Crippen LogP contribution < -0.4 is 10.1 Å². The molecule has 6 nitrogen and oxygen atoms in total. The van der Waals surface area contributed by atoms with Gasteiger partial charge in [-0.1, -0.05) is 23.7 Å². The number of carboxylic acids is 1. The molecule has 1 aliphatic rings.